The Kier molecular flexibility index (Phi) is 3.48. The quantitative estimate of drug-likeness (QED) is 0.841. The van der Waals surface area contributed by atoms with Gasteiger partial charge in [0.1, 0.15) is 6.54 Å². The van der Waals surface area contributed by atoms with Crippen LogP contribution in [0.1, 0.15) is 12.8 Å². The lowest BCUT2D eigenvalue weighted by atomic mass is 10.4. The Bertz CT molecular complexity index is 678. The van der Waals surface area contributed by atoms with Crippen LogP contribution in [0.3, 0.4) is 0 Å². The number of thiophene rings is 1. The highest BCUT2D eigenvalue weighted by molar-refractivity contribution is 7.13. The van der Waals surface area contributed by atoms with E-state index >= 15 is 0 Å². The predicted molar refractivity (Wildman–Crippen MR) is 72.2 cm³/mol. The Morgan fingerprint density at radius 2 is 2.10 bits per heavy atom. The van der Waals surface area contributed by atoms with Gasteiger partial charge in [0, 0.05) is 12.8 Å². The van der Waals surface area contributed by atoms with Crippen molar-refractivity contribution in [3.05, 3.63) is 17.5 Å². The molecule has 0 spiro atoms. The van der Waals surface area contributed by atoms with Crippen molar-refractivity contribution in [2.24, 2.45) is 0 Å². The minimum Gasteiger partial charge on any atom is -0.402 e. The zero-order valence-electron chi connectivity index (χ0n) is 10.7. The summed E-state index contributed by atoms with van der Waals surface area (Å²) in [5, 5.41) is 11.7. The maximum atomic E-state index is 11.8. The van der Waals surface area contributed by atoms with Crippen LogP contribution in [-0.2, 0) is 14.4 Å². The Morgan fingerprint density at radius 3 is 2.76 bits per heavy atom. The van der Waals surface area contributed by atoms with E-state index in [9.17, 15) is 14.4 Å². The number of amides is 3. The molecule has 0 aromatic carbocycles. The van der Waals surface area contributed by atoms with Gasteiger partial charge in [-0.05, 0) is 11.4 Å². The van der Waals surface area contributed by atoms with Crippen molar-refractivity contribution < 1.29 is 18.8 Å². The summed E-state index contributed by atoms with van der Waals surface area (Å²) < 4.78 is 5.28. The topological polar surface area (TPSA) is 105 Å². The van der Waals surface area contributed by atoms with Crippen LogP contribution in [0.25, 0.3) is 10.8 Å². The molecule has 1 aliphatic rings. The van der Waals surface area contributed by atoms with Gasteiger partial charge in [0.25, 0.3) is 5.89 Å². The van der Waals surface area contributed by atoms with Gasteiger partial charge < -0.3 is 4.42 Å². The van der Waals surface area contributed by atoms with E-state index in [1.54, 1.807) is 0 Å². The second-order valence-corrected chi connectivity index (χ2v) is 5.26. The molecule has 1 saturated heterocycles. The third-order valence-electron chi connectivity index (χ3n) is 2.86. The van der Waals surface area contributed by atoms with E-state index in [0.717, 1.165) is 9.78 Å². The smallest absolute Gasteiger partial charge is 0.322 e. The summed E-state index contributed by atoms with van der Waals surface area (Å²) in [6.45, 7) is -0.339. The highest BCUT2D eigenvalue weighted by Crippen LogP contribution is 2.24. The molecular weight excluding hydrogens is 296 g/mol. The summed E-state index contributed by atoms with van der Waals surface area (Å²) in [6, 6.07) is 3.58. The molecule has 3 rings (SSSR count). The molecule has 3 heterocycles. The summed E-state index contributed by atoms with van der Waals surface area (Å²) in [7, 11) is 0. The van der Waals surface area contributed by atoms with Crippen LogP contribution in [0, 0.1) is 0 Å². The van der Waals surface area contributed by atoms with E-state index in [0.29, 0.717) is 5.89 Å². The molecule has 108 valence electrons. The van der Waals surface area contributed by atoms with Gasteiger partial charge in [-0.25, -0.2) is 0 Å². The second-order valence-electron chi connectivity index (χ2n) is 4.31. The fourth-order valence-corrected chi connectivity index (χ4v) is 2.52. The molecule has 0 aliphatic carbocycles. The molecule has 0 saturated carbocycles. The third kappa shape index (κ3) is 2.82. The summed E-state index contributed by atoms with van der Waals surface area (Å²) in [5.41, 5.74) is 0. The maximum Gasteiger partial charge on any atom is 0.322 e. The standard InChI is InChI=1S/C12H10N4O4S/c17-8(6-16-9(18)3-4-10(16)19)13-12-15-14-11(20-12)7-2-1-5-21-7/h1-2,5H,3-4,6H2,(H,13,15,17). The molecular formula is C12H10N4O4S. The number of nitrogens with zero attached hydrogens (tertiary/aromatic N) is 3. The third-order valence-corrected chi connectivity index (χ3v) is 3.72. The number of anilines is 1. The van der Waals surface area contributed by atoms with Crippen molar-refractivity contribution in [2.75, 3.05) is 11.9 Å². The molecule has 1 fully saturated rings. The van der Waals surface area contributed by atoms with Crippen molar-refractivity contribution in [1.29, 1.82) is 0 Å². The number of hydrogen-bond donors (Lipinski definition) is 1. The zero-order chi connectivity index (χ0) is 14.8. The number of likely N-dealkylation sites (tertiary alicyclic amines) is 1. The lowest BCUT2D eigenvalue weighted by molar-refractivity contribution is -0.141. The van der Waals surface area contributed by atoms with Crippen molar-refractivity contribution in [1.82, 2.24) is 15.1 Å². The van der Waals surface area contributed by atoms with Gasteiger partial charge in [0.2, 0.25) is 17.7 Å². The minimum atomic E-state index is -0.556. The SMILES string of the molecule is O=C(CN1C(=O)CCC1=O)Nc1nnc(-c2cccs2)o1. The van der Waals surface area contributed by atoms with Crippen LogP contribution >= 0.6 is 11.3 Å². The van der Waals surface area contributed by atoms with Crippen LogP contribution in [0.15, 0.2) is 21.9 Å². The fourth-order valence-electron chi connectivity index (χ4n) is 1.88. The molecule has 0 unspecified atom stereocenters. The van der Waals surface area contributed by atoms with E-state index in [-0.39, 0.29) is 37.2 Å². The van der Waals surface area contributed by atoms with Crippen molar-refractivity contribution in [2.45, 2.75) is 12.8 Å². The molecule has 1 aliphatic heterocycles. The summed E-state index contributed by atoms with van der Waals surface area (Å²) in [4.78, 5) is 36.3. The summed E-state index contributed by atoms with van der Waals surface area (Å²) in [6.07, 6.45) is 0.296. The molecule has 2 aromatic rings. The van der Waals surface area contributed by atoms with Gasteiger partial charge in [-0.1, -0.05) is 11.2 Å². The van der Waals surface area contributed by atoms with Gasteiger partial charge in [0.15, 0.2) is 0 Å². The highest BCUT2D eigenvalue weighted by atomic mass is 32.1. The number of hydrogen-bond acceptors (Lipinski definition) is 7. The Hall–Kier alpha value is -2.55. The second kappa shape index (κ2) is 5.44. The van der Waals surface area contributed by atoms with Crippen molar-refractivity contribution in [3.63, 3.8) is 0 Å². The Balaban J connectivity index is 1.63. The van der Waals surface area contributed by atoms with Crippen LogP contribution in [0.4, 0.5) is 6.01 Å². The summed E-state index contributed by atoms with van der Waals surface area (Å²) in [5.74, 6) is -0.950. The lowest BCUT2D eigenvalue weighted by Crippen LogP contribution is -2.36. The van der Waals surface area contributed by atoms with Gasteiger partial charge >= 0.3 is 6.01 Å². The van der Waals surface area contributed by atoms with E-state index in [4.69, 9.17) is 4.42 Å². The first-order valence-electron chi connectivity index (χ1n) is 6.14. The largest absolute Gasteiger partial charge is 0.402 e. The number of aromatic nitrogens is 2. The molecule has 0 bridgehead atoms. The monoisotopic (exact) mass is 306 g/mol. The summed E-state index contributed by atoms with van der Waals surface area (Å²) >= 11 is 1.43. The van der Waals surface area contributed by atoms with E-state index in [1.807, 2.05) is 17.5 Å². The highest BCUT2D eigenvalue weighted by Gasteiger charge is 2.30. The maximum absolute atomic E-state index is 11.8. The first-order chi connectivity index (χ1) is 10.1. The number of carbonyl (C=O) groups is 3. The van der Waals surface area contributed by atoms with Gasteiger partial charge in [-0.2, -0.15) is 0 Å². The van der Waals surface area contributed by atoms with Crippen LogP contribution < -0.4 is 5.32 Å². The number of carbonyl (C=O) groups excluding carboxylic acids is 3. The van der Waals surface area contributed by atoms with Crippen LogP contribution in [0.2, 0.25) is 0 Å². The number of nitrogens with one attached hydrogen (secondary N) is 1. The Labute approximate surface area is 122 Å². The van der Waals surface area contributed by atoms with E-state index < -0.39 is 5.91 Å². The number of imide groups is 1. The Morgan fingerprint density at radius 1 is 1.33 bits per heavy atom. The molecule has 1 N–H and O–H groups in total. The first kappa shape index (κ1) is 13.4. The molecule has 9 heteroatoms. The molecule has 2 aromatic heterocycles. The lowest BCUT2D eigenvalue weighted by Gasteiger charge is -2.11. The molecule has 0 atom stereocenters. The normalized spacial score (nSPS) is 14.8. The van der Waals surface area contributed by atoms with E-state index in [1.165, 1.54) is 11.3 Å². The van der Waals surface area contributed by atoms with E-state index in [2.05, 4.69) is 15.5 Å². The van der Waals surface area contributed by atoms with Crippen LogP contribution in [0.5, 0.6) is 0 Å². The van der Waals surface area contributed by atoms with Gasteiger partial charge in [-0.15, -0.1) is 16.4 Å². The minimum absolute atomic E-state index is 0.0671. The number of rotatable bonds is 4. The average Bonchev–Trinajstić information content (AvgIpc) is 3.16. The van der Waals surface area contributed by atoms with Crippen molar-refractivity contribution >= 4 is 35.1 Å². The van der Waals surface area contributed by atoms with Gasteiger partial charge in [0.05, 0.1) is 4.88 Å². The fraction of sp³-hybridized carbons (Fsp3) is 0.250. The molecule has 21 heavy (non-hydrogen) atoms. The predicted octanol–water partition coefficient (Wildman–Crippen LogP) is 0.886. The zero-order valence-corrected chi connectivity index (χ0v) is 11.6. The molecule has 3 amide bonds. The molecule has 8 nitrogen and oxygen atoms in total. The first-order valence-corrected chi connectivity index (χ1v) is 7.02. The van der Waals surface area contributed by atoms with Gasteiger partial charge in [-0.3, -0.25) is 24.6 Å². The average molecular weight is 306 g/mol. The van der Waals surface area contributed by atoms with Crippen LogP contribution in [-0.4, -0.2) is 39.4 Å². The van der Waals surface area contributed by atoms with Crippen molar-refractivity contribution in [3.8, 4) is 10.8 Å². The molecule has 0 radical (unpaired) electrons.